The molecular formula is C12H10ClNOS. The van der Waals surface area contributed by atoms with Crippen molar-refractivity contribution in [3.05, 3.63) is 37.8 Å². The molecule has 2 nitrogen and oxygen atoms in total. The maximum absolute atomic E-state index is 11.9. The van der Waals surface area contributed by atoms with Crippen LogP contribution in [-0.4, -0.2) is 0 Å². The van der Waals surface area contributed by atoms with E-state index in [4.69, 9.17) is 17.3 Å². The molecule has 82 valence electrons. The lowest BCUT2D eigenvalue weighted by molar-refractivity contribution is 0.912. The summed E-state index contributed by atoms with van der Waals surface area (Å²) in [6.07, 6.45) is 3.35. The normalized spacial score (nSPS) is 14.3. The summed E-state index contributed by atoms with van der Waals surface area (Å²) < 4.78 is 1.35. The van der Waals surface area contributed by atoms with Gasteiger partial charge in [0.2, 0.25) is 5.43 Å². The molecule has 0 atom stereocenters. The van der Waals surface area contributed by atoms with E-state index in [1.165, 1.54) is 28.9 Å². The Hall–Kier alpha value is -1.06. The first-order valence-electron chi connectivity index (χ1n) is 5.20. The summed E-state index contributed by atoms with van der Waals surface area (Å²) in [5.41, 5.74) is 8.35. The second-order valence-corrected chi connectivity index (χ2v) is 5.74. The summed E-state index contributed by atoms with van der Waals surface area (Å²) in [6.45, 7) is 0. The Kier molecular flexibility index (Phi) is 2.19. The van der Waals surface area contributed by atoms with E-state index in [1.807, 2.05) is 6.07 Å². The third-order valence-electron chi connectivity index (χ3n) is 3.09. The van der Waals surface area contributed by atoms with E-state index in [2.05, 4.69) is 6.07 Å². The molecule has 16 heavy (non-hydrogen) atoms. The Balaban J connectivity index is 2.45. The maximum Gasteiger partial charge on any atom is 0.212 e. The van der Waals surface area contributed by atoms with Crippen LogP contribution < -0.4 is 11.2 Å². The highest BCUT2D eigenvalue weighted by atomic mass is 35.5. The van der Waals surface area contributed by atoms with Crippen LogP contribution in [0.1, 0.15) is 17.5 Å². The van der Waals surface area contributed by atoms with E-state index >= 15 is 0 Å². The number of hydrogen-bond acceptors (Lipinski definition) is 3. The van der Waals surface area contributed by atoms with Gasteiger partial charge in [-0.1, -0.05) is 11.6 Å². The largest absolute Gasteiger partial charge is 0.394 e. The molecule has 1 aliphatic carbocycles. The van der Waals surface area contributed by atoms with Crippen molar-refractivity contribution in [1.82, 2.24) is 0 Å². The van der Waals surface area contributed by atoms with Crippen molar-refractivity contribution in [3.63, 3.8) is 0 Å². The van der Waals surface area contributed by atoms with E-state index in [9.17, 15) is 4.79 Å². The van der Waals surface area contributed by atoms with Gasteiger partial charge < -0.3 is 5.73 Å². The van der Waals surface area contributed by atoms with Crippen molar-refractivity contribution < 1.29 is 0 Å². The Labute approximate surface area is 102 Å². The summed E-state index contributed by atoms with van der Waals surface area (Å²) in [5, 5.41) is 0.715. The number of nitrogen functional groups attached to an aromatic ring is 1. The fraction of sp³-hybridized carbons (Fsp3) is 0.250. The first-order chi connectivity index (χ1) is 7.66. The highest BCUT2D eigenvalue weighted by Crippen LogP contribution is 2.32. The molecule has 0 fully saturated rings. The van der Waals surface area contributed by atoms with Crippen LogP contribution in [0.3, 0.4) is 0 Å². The predicted molar refractivity (Wildman–Crippen MR) is 69.5 cm³/mol. The molecule has 2 N–H and O–H groups in total. The fourth-order valence-electron chi connectivity index (χ4n) is 2.25. The fourth-order valence-corrected chi connectivity index (χ4v) is 3.44. The van der Waals surface area contributed by atoms with Gasteiger partial charge in [-0.3, -0.25) is 4.79 Å². The SMILES string of the molecule is Nc1c(Cl)sc2cc3c(cc2c1=O)CCC3. The topological polar surface area (TPSA) is 43.1 Å². The zero-order chi connectivity index (χ0) is 11.3. The van der Waals surface area contributed by atoms with Gasteiger partial charge in [-0.25, -0.2) is 0 Å². The molecule has 1 aliphatic rings. The number of nitrogens with two attached hydrogens (primary N) is 1. The first kappa shape index (κ1) is 10.1. The van der Waals surface area contributed by atoms with Crippen LogP contribution in [0.15, 0.2) is 16.9 Å². The van der Waals surface area contributed by atoms with Gasteiger partial charge in [0.15, 0.2) is 0 Å². The van der Waals surface area contributed by atoms with Crippen LogP contribution in [0, 0.1) is 0 Å². The molecule has 0 aliphatic heterocycles. The molecule has 0 amide bonds. The van der Waals surface area contributed by atoms with Crippen molar-refractivity contribution in [1.29, 1.82) is 0 Å². The monoisotopic (exact) mass is 251 g/mol. The van der Waals surface area contributed by atoms with E-state index in [1.54, 1.807) is 0 Å². The minimum atomic E-state index is -0.131. The van der Waals surface area contributed by atoms with E-state index < -0.39 is 0 Å². The van der Waals surface area contributed by atoms with E-state index in [-0.39, 0.29) is 11.1 Å². The van der Waals surface area contributed by atoms with Crippen molar-refractivity contribution in [2.75, 3.05) is 5.73 Å². The Morgan fingerprint density at radius 1 is 1.25 bits per heavy atom. The lowest BCUT2D eigenvalue weighted by Gasteiger charge is -2.04. The Morgan fingerprint density at radius 3 is 2.69 bits per heavy atom. The number of fused-ring (bicyclic) bond motifs is 2. The lowest BCUT2D eigenvalue weighted by atomic mass is 10.1. The van der Waals surface area contributed by atoms with Gasteiger partial charge in [0.25, 0.3) is 0 Å². The van der Waals surface area contributed by atoms with Crippen LogP contribution in [0.5, 0.6) is 0 Å². The molecule has 3 rings (SSSR count). The lowest BCUT2D eigenvalue weighted by Crippen LogP contribution is -2.08. The molecule has 0 saturated carbocycles. The molecule has 0 bridgehead atoms. The number of hydrogen-bond donors (Lipinski definition) is 1. The highest BCUT2D eigenvalue weighted by molar-refractivity contribution is 7.22. The van der Waals surface area contributed by atoms with Crippen molar-refractivity contribution in [2.45, 2.75) is 19.3 Å². The number of anilines is 1. The number of rotatable bonds is 0. The van der Waals surface area contributed by atoms with Gasteiger partial charge in [0, 0.05) is 10.1 Å². The van der Waals surface area contributed by atoms with Gasteiger partial charge in [-0.05, 0) is 42.5 Å². The van der Waals surface area contributed by atoms with Crippen LogP contribution in [0.4, 0.5) is 5.69 Å². The van der Waals surface area contributed by atoms with Crippen molar-refractivity contribution in [2.24, 2.45) is 0 Å². The van der Waals surface area contributed by atoms with Crippen molar-refractivity contribution >= 4 is 38.7 Å². The second kappa shape index (κ2) is 3.47. The summed E-state index contributed by atoms with van der Waals surface area (Å²) in [6, 6.07) is 4.08. The number of halogens is 1. The first-order valence-corrected chi connectivity index (χ1v) is 6.40. The summed E-state index contributed by atoms with van der Waals surface area (Å²) >= 11 is 7.33. The molecule has 0 radical (unpaired) electrons. The maximum atomic E-state index is 11.9. The zero-order valence-corrected chi connectivity index (χ0v) is 10.1. The minimum absolute atomic E-state index is 0.131. The van der Waals surface area contributed by atoms with Gasteiger partial charge in [0.1, 0.15) is 10.0 Å². The summed E-state index contributed by atoms with van der Waals surface area (Å²) in [7, 11) is 0. The van der Waals surface area contributed by atoms with Gasteiger partial charge in [-0.15, -0.1) is 11.3 Å². The van der Waals surface area contributed by atoms with Gasteiger partial charge >= 0.3 is 0 Å². The molecule has 1 aromatic carbocycles. The third kappa shape index (κ3) is 1.35. The average molecular weight is 252 g/mol. The van der Waals surface area contributed by atoms with Crippen LogP contribution in [-0.2, 0) is 12.8 Å². The molecule has 0 saturated heterocycles. The molecule has 0 unspecified atom stereocenters. The predicted octanol–water partition coefficient (Wildman–Crippen LogP) is 2.99. The van der Waals surface area contributed by atoms with Crippen LogP contribution >= 0.6 is 22.9 Å². The Morgan fingerprint density at radius 2 is 1.94 bits per heavy atom. The van der Waals surface area contributed by atoms with Crippen LogP contribution in [0.25, 0.3) is 10.1 Å². The molecule has 1 heterocycles. The van der Waals surface area contributed by atoms with Crippen molar-refractivity contribution in [3.8, 4) is 0 Å². The number of aryl methyl sites for hydroxylation is 2. The average Bonchev–Trinajstić information content (AvgIpc) is 2.71. The quantitative estimate of drug-likeness (QED) is 0.782. The standard InChI is InChI=1S/C12H10ClNOS/c13-12-10(14)11(15)8-4-6-2-1-3-7(6)5-9(8)16-12/h4-5H,1-3,14H2. The minimum Gasteiger partial charge on any atom is -0.394 e. The zero-order valence-electron chi connectivity index (χ0n) is 8.55. The van der Waals surface area contributed by atoms with Gasteiger partial charge in [-0.2, -0.15) is 0 Å². The molecule has 4 heteroatoms. The van der Waals surface area contributed by atoms with E-state index in [0.717, 1.165) is 17.5 Å². The molecule has 0 spiro atoms. The smallest absolute Gasteiger partial charge is 0.212 e. The van der Waals surface area contributed by atoms with Gasteiger partial charge in [0.05, 0.1) is 0 Å². The highest BCUT2D eigenvalue weighted by Gasteiger charge is 2.15. The summed E-state index contributed by atoms with van der Waals surface area (Å²) in [4.78, 5) is 11.9. The summed E-state index contributed by atoms with van der Waals surface area (Å²) in [5.74, 6) is 0. The van der Waals surface area contributed by atoms with Crippen LogP contribution in [0.2, 0.25) is 4.34 Å². The molecule has 1 aromatic heterocycles. The second-order valence-electron chi connectivity index (χ2n) is 4.09. The Bertz CT molecular complexity index is 647. The molecule has 2 aromatic rings. The number of benzene rings is 1. The van der Waals surface area contributed by atoms with E-state index in [0.29, 0.717) is 9.72 Å². The third-order valence-corrected chi connectivity index (χ3v) is 4.49. The molecular weight excluding hydrogens is 242 g/mol.